The predicted molar refractivity (Wildman–Crippen MR) is 103 cm³/mol. The fourth-order valence-corrected chi connectivity index (χ4v) is 7.03. The van der Waals surface area contributed by atoms with E-state index in [-0.39, 0.29) is 23.4 Å². The van der Waals surface area contributed by atoms with Crippen molar-refractivity contribution in [2.75, 3.05) is 7.11 Å². The maximum Gasteiger partial charge on any atom is 0.508 e. The first-order chi connectivity index (χ1) is 13.5. The van der Waals surface area contributed by atoms with Crippen molar-refractivity contribution in [1.82, 2.24) is 0 Å². The first-order valence-corrected chi connectivity index (χ1v) is 10.6. The van der Waals surface area contributed by atoms with Gasteiger partial charge in [-0.05, 0) is 49.9 Å². The molecule has 3 unspecified atom stereocenters. The van der Waals surface area contributed by atoms with Crippen LogP contribution in [-0.2, 0) is 14.3 Å². The van der Waals surface area contributed by atoms with Gasteiger partial charge in [0, 0.05) is 17.8 Å². The molecule has 7 heteroatoms. The van der Waals surface area contributed by atoms with Gasteiger partial charge in [-0.2, -0.15) is 0 Å². The average molecular weight is 408 g/mol. The lowest BCUT2D eigenvalue weighted by Crippen LogP contribution is -2.58. The second-order valence-corrected chi connectivity index (χ2v) is 10.1. The Balaban J connectivity index is 1.68. The molecule has 0 amide bonds. The van der Waals surface area contributed by atoms with Crippen molar-refractivity contribution in [3.05, 3.63) is 11.6 Å². The second kappa shape index (κ2) is 6.53. The van der Waals surface area contributed by atoms with Crippen LogP contribution in [0.2, 0.25) is 0 Å². The van der Waals surface area contributed by atoms with Gasteiger partial charge in [0.15, 0.2) is 5.78 Å². The predicted octanol–water partition coefficient (Wildman–Crippen LogP) is 1.97. The van der Waals surface area contributed by atoms with Crippen LogP contribution in [0.15, 0.2) is 11.6 Å². The molecule has 0 spiro atoms. The summed E-state index contributed by atoms with van der Waals surface area (Å²) >= 11 is 0. The van der Waals surface area contributed by atoms with Crippen LogP contribution < -0.4 is 0 Å². The SMILES string of the molecule is COC(=O)O[C@H]1CC[C@@]2(C)C(=C[C@H](O)C3C2CC[C@@]2(C)C3[C@H](O)C(=O)[C@]2(C)O)C1. The van der Waals surface area contributed by atoms with E-state index in [1.807, 2.05) is 13.0 Å². The van der Waals surface area contributed by atoms with Gasteiger partial charge in [-0.3, -0.25) is 4.79 Å². The van der Waals surface area contributed by atoms with E-state index in [2.05, 4.69) is 11.7 Å². The maximum atomic E-state index is 12.7. The van der Waals surface area contributed by atoms with Crippen molar-refractivity contribution in [2.45, 2.75) is 76.8 Å². The molecule has 162 valence electrons. The highest BCUT2D eigenvalue weighted by atomic mass is 16.7. The minimum absolute atomic E-state index is 0.0889. The smallest absolute Gasteiger partial charge is 0.438 e. The Morgan fingerprint density at radius 3 is 2.52 bits per heavy atom. The minimum atomic E-state index is -1.60. The van der Waals surface area contributed by atoms with Gasteiger partial charge in [0.2, 0.25) is 0 Å². The molecule has 0 heterocycles. The van der Waals surface area contributed by atoms with E-state index >= 15 is 0 Å². The molecule has 4 aliphatic rings. The summed E-state index contributed by atoms with van der Waals surface area (Å²) in [5.74, 6) is -1.23. The highest BCUT2D eigenvalue weighted by Crippen LogP contribution is 2.66. The number of fused-ring (bicyclic) bond motifs is 5. The molecule has 0 bridgehead atoms. The standard InChI is InChI=1S/C22H32O7/c1-20-7-5-12(29-19(26)28-4)9-11(20)10-14(23)15-13(20)6-8-21(2)16(15)17(24)18(25)22(21,3)27/h10,12-17,23-24,27H,5-9H2,1-4H3/t12-,13?,14-,15?,16?,17-,20-,21-,22-/m0/s1. The van der Waals surface area contributed by atoms with Gasteiger partial charge in [0.05, 0.1) is 13.2 Å². The largest absolute Gasteiger partial charge is 0.508 e. The quantitative estimate of drug-likeness (QED) is 0.449. The molecule has 3 N–H and O–H groups in total. The molecule has 9 atom stereocenters. The minimum Gasteiger partial charge on any atom is -0.438 e. The summed E-state index contributed by atoms with van der Waals surface area (Å²) in [4.78, 5) is 24.2. The van der Waals surface area contributed by atoms with E-state index in [1.165, 1.54) is 14.0 Å². The normalized spacial score (nSPS) is 51.4. The molecule has 0 saturated heterocycles. The Labute approximate surface area is 171 Å². The molecule has 0 aliphatic heterocycles. The fourth-order valence-electron chi connectivity index (χ4n) is 7.03. The highest BCUT2D eigenvalue weighted by Gasteiger charge is 2.70. The highest BCUT2D eigenvalue weighted by molar-refractivity contribution is 5.94. The monoisotopic (exact) mass is 408 g/mol. The van der Waals surface area contributed by atoms with Crippen molar-refractivity contribution in [3.63, 3.8) is 0 Å². The van der Waals surface area contributed by atoms with Crippen LogP contribution in [0.3, 0.4) is 0 Å². The van der Waals surface area contributed by atoms with Gasteiger partial charge in [-0.1, -0.05) is 25.5 Å². The Hall–Kier alpha value is -1.44. The molecule has 3 fully saturated rings. The number of rotatable bonds is 1. The van der Waals surface area contributed by atoms with Crippen LogP contribution in [0.4, 0.5) is 4.79 Å². The molecule has 0 radical (unpaired) electrons. The topological polar surface area (TPSA) is 113 Å². The maximum absolute atomic E-state index is 12.7. The number of hydrogen-bond acceptors (Lipinski definition) is 7. The lowest BCUT2D eigenvalue weighted by molar-refractivity contribution is -0.153. The zero-order chi connectivity index (χ0) is 21.4. The molecule has 29 heavy (non-hydrogen) atoms. The number of methoxy groups -OCH3 is 1. The summed E-state index contributed by atoms with van der Waals surface area (Å²) in [6.45, 7) is 5.56. The van der Waals surface area contributed by atoms with Gasteiger partial charge in [-0.25, -0.2) is 4.79 Å². The lowest BCUT2D eigenvalue weighted by Gasteiger charge is -2.59. The van der Waals surface area contributed by atoms with E-state index < -0.39 is 41.1 Å². The van der Waals surface area contributed by atoms with Crippen LogP contribution in [0, 0.1) is 28.6 Å². The van der Waals surface area contributed by atoms with E-state index in [1.54, 1.807) is 0 Å². The van der Waals surface area contributed by atoms with Crippen molar-refractivity contribution < 1.29 is 34.4 Å². The Kier molecular flexibility index (Phi) is 4.69. The third-order valence-electron chi connectivity index (χ3n) is 8.97. The van der Waals surface area contributed by atoms with E-state index in [0.29, 0.717) is 19.3 Å². The number of aliphatic hydroxyl groups is 3. The van der Waals surface area contributed by atoms with Crippen molar-refractivity contribution >= 4 is 11.9 Å². The molecule has 4 aliphatic carbocycles. The Bertz CT molecular complexity index is 758. The van der Waals surface area contributed by atoms with E-state index in [0.717, 1.165) is 18.4 Å². The number of aliphatic hydroxyl groups excluding tert-OH is 2. The Morgan fingerprint density at radius 2 is 1.86 bits per heavy atom. The first-order valence-electron chi connectivity index (χ1n) is 10.6. The molecule has 0 aromatic heterocycles. The van der Waals surface area contributed by atoms with Gasteiger partial charge < -0.3 is 24.8 Å². The fraction of sp³-hybridized carbons (Fsp3) is 0.818. The van der Waals surface area contributed by atoms with E-state index in [4.69, 9.17) is 4.74 Å². The van der Waals surface area contributed by atoms with Gasteiger partial charge in [0.1, 0.15) is 17.8 Å². The number of carbonyl (C=O) groups is 2. The summed E-state index contributed by atoms with van der Waals surface area (Å²) in [5, 5.41) is 32.8. The van der Waals surface area contributed by atoms with Crippen LogP contribution in [0.5, 0.6) is 0 Å². The summed E-state index contributed by atoms with van der Waals surface area (Å²) in [6, 6.07) is 0. The van der Waals surface area contributed by atoms with Crippen molar-refractivity contribution in [2.24, 2.45) is 28.6 Å². The zero-order valence-corrected chi connectivity index (χ0v) is 17.6. The third kappa shape index (κ3) is 2.66. The number of ketones is 1. The average Bonchev–Trinajstić information content (AvgIpc) is 2.80. The van der Waals surface area contributed by atoms with Gasteiger partial charge >= 0.3 is 6.16 Å². The van der Waals surface area contributed by atoms with Crippen molar-refractivity contribution in [1.29, 1.82) is 0 Å². The Morgan fingerprint density at radius 1 is 1.17 bits per heavy atom. The molecular formula is C22H32O7. The summed E-state index contributed by atoms with van der Waals surface area (Å²) in [6.07, 6.45) is 2.19. The van der Waals surface area contributed by atoms with Gasteiger partial charge in [-0.15, -0.1) is 0 Å². The molecule has 7 nitrogen and oxygen atoms in total. The number of carbonyl (C=O) groups excluding carboxylic acids is 2. The summed E-state index contributed by atoms with van der Waals surface area (Å²) < 4.78 is 9.96. The number of ether oxygens (including phenoxy) is 2. The van der Waals surface area contributed by atoms with Crippen molar-refractivity contribution in [3.8, 4) is 0 Å². The third-order valence-corrected chi connectivity index (χ3v) is 8.97. The van der Waals surface area contributed by atoms with Gasteiger partial charge in [0.25, 0.3) is 0 Å². The zero-order valence-electron chi connectivity index (χ0n) is 17.6. The second-order valence-electron chi connectivity index (χ2n) is 10.1. The van der Waals surface area contributed by atoms with Crippen LogP contribution >= 0.6 is 0 Å². The summed E-state index contributed by atoms with van der Waals surface area (Å²) in [5.41, 5.74) is -1.49. The molecular weight excluding hydrogens is 376 g/mol. The number of hydrogen-bond donors (Lipinski definition) is 3. The molecule has 0 aromatic carbocycles. The first kappa shape index (κ1) is 20.8. The lowest BCUT2D eigenvalue weighted by atomic mass is 9.46. The molecule has 0 aromatic rings. The summed E-state index contributed by atoms with van der Waals surface area (Å²) in [7, 11) is 1.28. The van der Waals surface area contributed by atoms with E-state index in [9.17, 15) is 24.9 Å². The number of Topliss-reactive ketones (excluding diaryl/α,β-unsaturated/α-hetero) is 1. The molecule has 4 rings (SSSR count). The van der Waals surface area contributed by atoms with Crippen LogP contribution in [0.25, 0.3) is 0 Å². The van der Waals surface area contributed by atoms with Crippen LogP contribution in [0.1, 0.15) is 52.9 Å². The molecule has 3 saturated carbocycles. The van der Waals surface area contributed by atoms with Crippen LogP contribution in [-0.4, -0.2) is 58.3 Å².